The second-order valence-corrected chi connectivity index (χ2v) is 7.04. The van der Waals surface area contributed by atoms with Crippen molar-refractivity contribution in [1.82, 2.24) is 19.7 Å². The molecule has 0 atom stereocenters. The zero-order valence-electron chi connectivity index (χ0n) is 15.9. The van der Waals surface area contributed by atoms with Crippen LogP contribution in [0.25, 0.3) is 50.4 Å². The van der Waals surface area contributed by atoms with Gasteiger partial charge in [-0.05, 0) is 36.4 Å². The highest BCUT2D eigenvalue weighted by atomic mass is 16.4. The number of rotatable bonds is 3. The van der Waals surface area contributed by atoms with Gasteiger partial charge in [-0.25, -0.2) is 0 Å². The highest BCUT2D eigenvalue weighted by Gasteiger charge is 2.18. The van der Waals surface area contributed by atoms with E-state index in [1.807, 2.05) is 67.0 Å². The average molecular weight is 388 g/mol. The molecule has 142 valence electrons. The third-order valence-electron chi connectivity index (χ3n) is 5.30. The normalized spacial score (nSPS) is 11.3. The molecule has 0 aliphatic rings. The van der Waals surface area contributed by atoms with Gasteiger partial charge in [-0.2, -0.15) is 0 Å². The number of pyridine rings is 1. The van der Waals surface area contributed by atoms with Crippen molar-refractivity contribution in [1.29, 1.82) is 0 Å². The third-order valence-corrected chi connectivity index (χ3v) is 5.30. The third kappa shape index (κ3) is 2.53. The fourth-order valence-corrected chi connectivity index (χ4v) is 3.96. The Morgan fingerprint density at radius 3 is 2.30 bits per heavy atom. The van der Waals surface area contributed by atoms with Crippen LogP contribution in [-0.2, 0) is 0 Å². The number of benzene rings is 3. The fourth-order valence-electron chi connectivity index (χ4n) is 3.96. The highest BCUT2D eigenvalue weighted by molar-refractivity contribution is 6.09. The standard InChI is InChI=1S/C25H16N4O/c1-2-8-17(9-3-1)24-27-28-25(30-24)20-11-5-7-13-22(20)29-21-12-6-4-10-18(21)19-14-15-26-16-23(19)29/h1-16H. The summed E-state index contributed by atoms with van der Waals surface area (Å²) in [6.07, 6.45) is 3.73. The lowest BCUT2D eigenvalue weighted by atomic mass is 10.1. The van der Waals surface area contributed by atoms with Crippen molar-refractivity contribution in [3.63, 3.8) is 0 Å². The lowest BCUT2D eigenvalue weighted by Gasteiger charge is -2.11. The molecule has 0 radical (unpaired) electrons. The number of nitrogens with zero attached hydrogens (tertiary/aromatic N) is 4. The molecule has 0 N–H and O–H groups in total. The van der Waals surface area contributed by atoms with Gasteiger partial charge in [0.1, 0.15) is 0 Å². The summed E-state index contributed by atoms with van der Waals surface area (Å²) in [5, 5.41) is 11.0. The van der Waals surface area contributed by atoms with Gasteiger partial charge < -0.3 is 8.98 Å². The smallest absolute Gasteiger partial charge is 0.250 e. The molecule has 3 aromatic heterocycles. The summed E-state index contributed by atoms with van der Waals surface area (Å²) in [7, 11) is 0. The number of hydrogen-bond donors (Lipinski definition) is 0. The average Bonchev–Trinajstić information content (AvgIpc) is 3.43. The van der Waals surface area contributed by atoms with Crippen LogP contribution in [-0.4, -0.2) is 19.7 Å². The zero-order valence-corrected chi connectivity index (χ0v) is 15.9. The Hall–Kier alpha value is -4.25. The van der Waals surface area contributed by atoms with E-state index in [2.05, 4.69) is 50.1 Å². The topological polar surface area (TPSA) is 56.7 Å². The zero-order chi connectivity index (χ0) is 19.9. The van der Waals surface area contributed by atoms with Crippen LogP contribution in [0.1, 0.15) is 0 Å². The van der Waals surface area contributed by atoms with Crippen LogP contribution in [0.15, 0.2) is 102 Å². The number of aromatic nitrogens is 4. The lowest BCUT2D eigenvalue weighted by molar-refractivity contribution is 0.584. The van der Waals surface area contributed by atoms with E-state index >= 15 is 0 Å². The van der Waals surface area contributed by atoms with Crippen molar-refractivity contribution in [2.75, 3.05) is 0 Å². The minimum atomic E-state index is 0.485. The van der Waals surface area contributed by atoms with Gasteiger partial charge in [0, 0.05) is 22.5 Å². The first-order chi connectivity index (χ1) is 14.9. The predicted molar refractivity (Wildman–Crippen MR) is 117 cm³/mol. The Kier molecular flexibility index (Phi) is 3.71. The van der Waals surface area contributed by atoms with Crippen LogP contribution in [0.4, 0.5) is 0 Å². The summed E-state index contributed by atoms with van der Waals surface area (Å²) in [6.45, 7) is 0. The molecule has 0 bridgehead atoms. The van der Waals surface area contributed by atoms with Crippen LogP contribution in [0.5, 0.6) is 0 Å². The minimum absolute atomic E-state index is 0.485. The van der Waals surface area contributed by atoms with Crippen molar-refractivity contribution in [2.45, 2.75) is 0 Å². The number of fused-ring (bicyclic) bond motifs is 3. The molecule has 0 amide bonds. The van der Waals surface area contributed by atoms with Crippen LogP contribution in [0, 0.1) is 0 Å². The van der Waals surface area contributed by atoms with Gasteiger partial charge in [0.05, 0.1) is 28.5 Å². The summed E-state index contributed by atoms with van der Waals surface area (Å²) < 4.78 is 8.28. The molecule has 0 unspecified atom stereocenters. The van der Waals surface area contributed by atoms with E-state index in [1.165, 1.54) is 5.39 Å². The van der Waals surface area contributed by atoms with Crippen LogP contribution < -0.4 is 0 Å². The molecule has 0 saturated carbocycles. The van der Waals surface area contributed by atoms with E-state index in [-0.39, 0.29) is 0 Å². The van der Waals surface area contributed by atoms with Crippen molar-refractivity contribution < 1.29 is 4.42 Å². The molecule has 5 nitrogen and oxygen atoms in total. The van der Waals surface area contributed by atoms with Gasteiger partial charge in [0.2, 0.25) is 11.8 Å². The van der Waals surface area contributed by atoms with Gasteiger partial charge >= 0.3 is 0 Å². The van der Waals surface area contributed by atoms with Crippen molar-refractivity contribution >= 4 is 21.8 Å². The first-order valence-electron chi connectivity index (χ1n) is 9.72. The van der Waals surface area contributed by atoms with E-state index in [0.717, 1.165) is 33.2 Å². The van der Waals surface area contributed by atoms with Gasteiger partial charge in [-0.1, -0.05) is 48.5 Å². The molecule has 5 heteroatoms. The maximum Gasteiger partial charge on any atom is 0.250 e. The van der Waals surface area contributed by atoms with Gasteiger partial charge in [0.15, 0.2) is 0 Å². The summed E-state index contributed by atoms with van der Waals surface area (Å²) in [5.74, 6) is 0.989. The maximum atomic E-state index is 6.07. The number of hydrogen-bond acceptors (Lipinski definition) is 4. The van der Waals surface area contributed by atoms with Crippen LogP contribution >= 0.6 is 0 Å². The molecule has 0 spiro atoms. The number of para-hydroxylation sites is 2. The summed E-state index contributed by atoms with van der Waals surface area (Å²) in [5.41, 5.74) is 4.89. The molecular formula is C25H16N4O. The summed E-state index contributed by atoms with van der Waals surface area (Å²) in [6, 6.07) is 28.3. The molecule has 3 heterocycles. The molecule has 30 heavy (non-hydrogen) atoms. The first-order valence-corrected chi connectivity index (χ1v) is 9.72. The monoisotopic (exact) mass is 388 g/mol. The van der Waals surface area contributed by atoms with Gasteiger partial charge in [-0.3, -0.25) is 4.98 Å². The largest absolute Gasteiger partial charge is 0.416 e. The lowest BCUT2D eigenvalue weighted by Crippen LogP contribution is -1.97. The second kappa shape index (κ2) is 6.67. The Labute approximate surface area is 172 Å². The van der Waals surface area contributed by atoms with Crippen LogP contribution in [0.3, 0.4) is 0 Å². The molecule has 6 aromatic rings. The highest BCUT2D eigenvalue weighted by Crippen LogP contribution is 2.35. The second-order valence-electron chi connectivity index (χ2n) is 7.04. The first kappa shape index (κ1) is 16.7. The molecule has 0 aliphatic heterocycles. The predicted octanol–water partition coefficient (Wildman–Crippen LogP) is 5.90. The van der Waals surface area contributed by atoms with Crippen molar-refractivity contribution in [3.8, 4) is 28.6 Å². The molecule has 0 saturated heterocycles. The minimum Gasteiger partial charge on any atom is -0.416 e. The van der Waals surface area contributed by atoms with E-state index in [9.17, 15) is 0 Å². The van der Waals surface area contributed by atoms with Crippen LogP contribution in [0.2, 0.25) is 0 Å². The van der Waals surface area contributed by atoms with Crippen molar-refractivity contribution in [2.24, 2.45) is 0 Å². The molecule has 6 rings (SSSR count). The molecule has 3 aromatic carbocycles. The van der Waals surface area contributed by atoms with E-state index in [1.54, 1.807) is 0 Å². The van der Waals surface area contributed by atoms with Gasteiger partial charge in [0.25, 0.3) is 0 Å². The van der Waals surface area contributed by atoms with Gasteiger partial charge in [-0.15, -0.1) is 10.2 Å². The summed E-state index contributed by atoms with van der Waals surface area (Å²) in [4.78, 5) is 4.37. The van der Waals surface area contributed by atoms with E-state index in [4.69, 9.17) is 4.42 Å². The Bertz CT molecular complexity index is 1440. The molecule has 0 fully saturated rings. The Balaban J connectivity index is 1.60. The van der Waals surface area contributed by atoms with E-state index < -0.39 is 0 Å². The quantitative estimate of drug-likeness (QED) is 0.379. The maximum absolute atomic E-state index is 6.07. The van der Waals surface area contributed by atoms with E-state index in [0.29, 0.717) is 11.8 Å². The molecular weight excluding hydrogens is 372 g/mol. The SMILES string of the molecule is c1ccc(-c2nnc(-c3ccccc3-n3c4ccccc4c4ccncc43)o2)cc1. The Morgan fingerprint density at radius 1 is 0.633 bits per heavy atom. The summed E-state index contributed by atoms with van der Waals surface area (Å²) >= 11 is 0. The molecule has 0 aliphatic carbocycles. The fraction of sp³-hybridized carbons (Fsp3) is 0. The Morgan fingerprint density at radius 2 is 1.37 bits per heavy atom. The van der Waals surface area contributed by atoms with Crippen molar-refractivity contribution in [3.05, 3.63) is 97.3 Å².